The van der Waals surface area contributed by atoms with Crippen LogP contribution in [0.15, 0.2) is 12.2 Å². The molecular weight excluding hydrogens is 308 g/mol. The lowest BCUT2D eigenvalue weighted by Gasteiger charge is -2.12. The van der Waals surface area contributed by atoms with Crippen molar-refractivity contribution in [2.24, 2.45) is 0 Å². The molecule has 1 aliphatic heterocycles. The third-order valence-corrected chi connectivity index (χ3v) is 2.93. The molecule has 1 fully saturated rings. The largest absolute Gasteiger partial charge is 0.478 e. The molecule has 23 heavy (non-hydrogen) atoms. The SMILES string of the molecule is O=C(O)/C=C\C(=O)NCCCCCC(=O)ON1C(=O)CCC1=O. The van der Waals surface area contributed by atoms with E-state index in [4.69, 9.17) is 9.94 Å². The first kappa shape index (κ1) is 18.3. The predicted octanol–water partition coefficient (Wildman–Crippen LogP) is -0.0890. The van der Waals surface area contributed by atoms with Crippen molar-refractivity contribution in [3.05, 3.63) is 12.2 Å². The van der Waals surface area contributed by atoms with Crippen LogP contribution in [0.4, 0.5) is 0 Å². The van der Waals surface area contributed by atoms with E-state index in [1.807, 2.05) is 0 Å². The topological polar surface area (TPSA) is 130 Å². The van der Waals surface area contributed by atoms with E-state index in [1.54, 1.807) is 0 Å². The summed E-state index contributed by atoms with van der Waals surface area (Å²) >= 11 is 0. The van der Waals surface area contributed by atoms with Gasteiger partial charge in [-0.05, 0) is 12.8 Å². The van der Waals surface area contributed by atoms with Crippen LogP contribution in [0.3, 0.4) is 0 Å². The summed E-state index contributed by atoms with van der Waals surface area (Å²) in [6, 6.07) is 0. The lowest BCUT2D eigenvalue weighted by Crippen LogP contribution is -2.31. The minimum atomic E-state index is -1.20. The van der Waals surface area contributed by atoms with E-state index >= 15 is 0 Å². The molecule has 126 valence electrons. The highest BCUT2D eigenvalue weighted by atomic mass is 16.7. The van der Waals surface area contributed by atoms with Crippen molar-refractivity contribution >= 4 is 29.7 Å². The first-order chi connectivity index (χ1) is 10.9. The van der Waals surface area contributed by atoms with Gasteiger partial charge in [-0.15, -0.1) is 5.06 Å². The van der Waals surface area contributed by atoms with Crippen LogP contribution in [0, 0.1) is 0 Å². The molecule has 1 saturated heterocycles. The number of carbonyl (C=O) groups excluding carboxylic acids is 4. The fourth-order valence-corrected chi connectivity index (χ4v) is 1.79. The molecule has 9 heteroatoms. The number of rotatable bonds is 9. The molecule has 0 unspecified atom stereocenters. The molecule has 0 aromatic rings. The van der Waals surface area contributed by atoms with Gasteiger partial charge in [-0.2, -0.15) is 0 Å². The van der Waals surface area contributed by atoms with Crippen molar-refractivity contribution in [1.82, 2.24) is 10.4 Å². The Morgan fingerprint density at radius 1 is 1.09 bits per heavy atom. The van der Waals surface area contributed by atoms with Crippen molar-refractivity contribution < 1.29 is 33.9 Å². The monoisotopic (exact) mass is 326 g/mol. The Labute approximate surface area is 132 Å². The number of hydroxylamine groups is 2. The van der Waals surface area contributed by atoms with Crippen molar-refractivity contribution in [3.8, 4) is 0 Å². The van der Waals surface area contributed by atoms with E-state index in [0.717, 1.165) is 12.2 Å². The van der Waals surface area contributed by atoms with Crippen molar-refractivity contribution in [1.29, 1.82) is 0 Å². The number of imide groups is 1. The van der Waals surface area contributed by atoms with E-state index in [2.05, 4.69) is 5.32 Å². The fraction of sp³-hybridized carbons (Fsp3) is 0.500. The Morgan fingerprint density at radius 3 is 2.35 bits per heavy atom. The number of nitrogens with zero attached hydrogens (tertiary/aromatic N) is 1. The van der Waals surface area contributed by atoms with Gasteiger partial charge in [-0.25, -0.2) is 9.59 Å². The standard InChI is InChI=1S/C14H18N2O7/c17-10(5-8-13(20)21)15-9-3-1-2-4-14(22)23-16-11(18)6-7-12(16)19/h5,8H,1-4,6-7,9H2,(H,15,17)(H,20,21)/b8-5-. The second-order valence-corrected chi connectivity index (χ2v) is 4.82. The minimum Gasteiger partial charge on any atom is -0.478 e. The summed E-state index contributed by atoms with van der Waals surface area (Å²) in [5, 5.41) is 11.3. The van der Waals surface area contributed by atoms with Gasteiger partial charge in [0.1, 0.15) is 0 Å². The molecule has 1 aliphatic rings. The molecule has 0 aromatic heterocycles. The van der Waals surface area contributed by atoms with E-state index in [9.17, 15) is 24.0 Å². The summed E-state index contributed by atoms with van der Waals surface area (Å²) in [5.41, 5.74) is 0. The molecule has 0 atom stereocenters. The minimum absolute atomic E-state index is 0.0577. The number of carbonyl (C=O) groups is 5. The van der Waals surface area contributed by atoms with Crippen LogP contribution in [0.25, 0.3) is 0 Å². The van der Waals surface area contributed by atoms with Crippen LogP contribution in [-0.4, -0.2) is 46.4 Å². The Hall–Kier alpha value is -2.71. The lowest BCUT2D eigenvalue weighted by molar-refractivity contribution is -0.197. The van der Waals surface area contributed by atoms with Crippen LogP contribution >= 0.6 is 0 Å². The van der Waals surface area contributed by atoms with Gasteiger partial charge in [0.2, 0.25) is 5.91 Å². The molecule has 9 nitrogen and oxygen atoms in total. The van der Waals surface area contributed by atoms with Crippen molar-refractivity contribution in [2.75, 3.05) is 6.54 Å². The first-order valence-electron chi connectivity index (χ1n) is 7.15. The number of amides is 3. The summed E-state index contributed by atoms with van der Waals surface area (Å²) < 4.78 is 0. The fourth-order valence-electron chi connectivity index (χ4n) is 1.79. The number of aliphatic carboxylic acids is 1. The molecule has 0 radical (unpaired) electrons. The molecule has 1 heterocycles. The average Bonchev–Trinajstić information content (AvgIpc) is 2.80. The van der Waals surface area contributed by atoms with Gasteiger partial charge in [0, 0.05) is 38.0 Å². The van der Waals surface area contributed by atoms with Crippen molar-refractivity contribution in [2.45, 2.75) is 38.5 Å². The number of carboxylic acids is 1. The van der Waals surface area contributed by atoms with Gasteiger partial charge in [-0.3, -0.25) is 14.4 Å². The van der Waals surface area contributed by atoms with Crippen molar-refractivity contribution in [3.63, 3.8) is 0 Å². The number of hydrogen-bond donors (Lipinski definition) is 2. The Morgan fingerprint density at radius 2 is 1.74 bits per heavy atom. The molecular formula is C14H18N2O7. The summed E-state index contributed by atoms with van der Waals surface area (Å²) in [7, 11) is 0. The molecule has 0 saturated carbocycles. The first-order valence-corrected chi connectivity index (χ1v) is 7.15. The molecule has 0 spiro atoms. The zero-order valence-corrected chi connectivity index (χ0v) is 12.4. The third-order valence-electron chi connectivity index (χ3n) is 2.93. The highest BCUT2D eigenvalue weighted by Crippen LogP contribution is 2.13. The molecule has 1 rings (SSSR count). The highest BCUT2D eigenvalue weighted by molar-refractivity contribution is 6.01. The highest BCUT2D eigenvalue weighted by Gasteiger charge is 2.32. The maximum Gasteiger partial charge on any atom is 0.333 e. The maximum absolute atomic E-state index is 11.5. The Kier molecular flexibility index (Phi) is 7.44. The number of unbranched alkanes of at least 4 members (excludes halogenated alkanes) is 2. The average molecular weight is 326 g/mol. The van der Waals surface area contributed by atoms with E-state index in [1.165, 1.54) is 0 Å². The predicted molar refractivity (Wildman–Crippen MR) is 75.4 cm³/mol. The summed E-state index contributed by atoms with van der Waals surface area (Å²) in [6.45, 7) is 0.348. The van der Waals surface area contributed by atoms with Crippen LogP contribution in [0.5, 0.6) is 0 Å². The summed E-state index contributed by atoms with van der Waals surface area (Å²) in [6.07, 6.45) is 3.54. The van der Waals surface area contributed by atoms with Gasteiger partial charge in [0.05, 0.1) is 0 Å². The maximum atomic E-state index is 11.5. The molecule has 0 aliphatic carbocycles. The van der Waals surface area contributed by atoms with Crippen LogP contribution in [0.2, 0.25) is 0 Å². The molecule has 2 N–H and O–H groups in total. The lowest BCUT2D eigenvalue weighted by atomic mass is 10.2. The molecule has 0 aromatic carbocycles. The van der Waals surface area contributed by atoms with Crippen LogP contribution in [0.1, 0.15) is 38.5 Å². The number of carboxylic acid groups (broad SMARTS) is 1. The van der Waals surface area contributed by atoms with Gasteiger partial charge < -0.3 is 15.3 Å². The van der Waals surface area contributed by atoms with E-state index in [0.29, 0.717) is 30.9 Å². The molecule has 3 amide bonds. The van der Waals surface area contributed by atoms with E-state index < -0.39 is 29.7 Å². The van der Waals surface area contributed by atoms with Crippen LogP contribution < -0.4 is 5.32 Å². The van der Waals surface area contributed by atoms with Gasteiger partial charge in [0.15, 0.2) is 0 Å². The smallest absolute Gasteiger partial charge is 0.333 e. The van der Waals surface area contributed by atoms with Crippen LogP contribution in [-0.2, 0) is 28.8 Å². The summed E-state index contributed by atoms with van der Waals surface area (Å²) in [4.78, 5) is 60.0. The Balaban J connectivity index is 2.07. The zero-order chi connectivity index (χ0) is 17.2. The van der Waals surface area contributed by atoms with Gasteiger partial charge >= 0.3 is 11.9 Å². The second kappa shape index (κ2) is 9.34. The summed E-state index contributed by atoms with van der Waals surface area (Å²) in [5.74, 6) is -3.38. The number of hydrogen-bond acceptors (Lipinski definition) is 6. The van der Waals surface area contributed by atoms with Gasteiger partial charge in [0.25, 0.3) is 11.8 Å². The third kappa shape index (κ3) is 7.21. The molecule has 0 bridgehead atoms. The Bertz CT molecular complexity index is 511. The quantitative estimate of drug-likeness (QED) is 0.344. The van der Waals surface area contributed by atoms with E-state index in [-0.39, 0.29) is 19.3 Å². The zero-order valence-electron chi connectivity index (χ0n) is 12.4. The number of nitrogens with one attached hydrogen (secondary N) is 1. The van der Waals surface area contributed by atoms with Gasteiger partial charge in [-0.1, -0.05) is 6.42 Å². The normalized spacial score (nSPS) is 14.3. The second-order valence-electron chi connectivity index (χ2n) is 4.82.